The first-order valence-electron chi connectivity index (χ1n) is 9.06. The van der Waals surface area contributed by atoms with Gasteiger partial charge in [0.2, 0.25) is 15.9 Å². The topological polar surface area (TPSA) is 93.7 Å². The minimum atomic E-state index is -3.85. The van der Waals surface area contributed by atoms with Gasteiger partial charge < -0.3 is 14.8 Å². The van der Waals surface area contributed by atoms with Gasteiger partial charge in [-0.15, -0.1) is 0 Å². The first kappa shape index (κ1) is 21.7. The summed E-state index contributed by atoms with van der Waals surface area (Å²) in [5.41, 5.74) is 0.499. The van der Waals surface area contributed by atoms with E-state index in [9.17, 15) is 13.2 Å². The SMILES string of the molecule is CCCCOc1ccccc1NC(=O)[C@H](C)NS(=O)(=O)c1ccc(OC)cc1. The Hall–Kier alpha value is -2.58. The number of benzene rings is 2. The van der Waals surface area contributed by atoms with E-state index in [-0.39, 0.29) is 4.90 Å². The quantitative estimate of drug-likeness (QED) is 0.591. The van der Waals surface area contributed by atoms with Gasteiger partial charge in [-0.05, 0) is 49.7 Å². The summed E-state index contributed by atoms with van der Waals surface area (Å²) in [6, 6.07) is 12.0. The van der Waals surface area contributed by atoms with E-state index in [0.717, 1.165) is 12.8 Å². The molecule has 2 aromatic carbocycles. The van der Waals surface area contributed by atoms with Crippen molar-refractivity contribution in [2.75, 3.05) is 19.0 Å². The molecule has 2 N–H and O–H groups in total. The summed E-state index contributed by atoms with van der Waals surface area (Å²) in [4.78, 5) is 12.5. The Balaban J connectivity index is 2.04. The van der Waals surface area contributed by atoms with Crippen LogP contribution in [0.3, 0.4) is 0 Å². The van der Waals surface area contributed by atoms with Crippen LogP contribution in [0.5, 0.6) is 11.5 Å². The van der Waals surface area contributed by atoms with Gasteiger partial charge in [0.05, 0.1) is 30.3 Å². The highest BCUT2D eigenvalue weighted by atomic mass is 32.2. The van der Waals surface area contributed by atoms with E-state index in [4.69, 9.17) is 9.47 Å². The summed E-state index contributed by atoms with van der Waals surface area (Å²) in [5, 5.41) is 2.72. The molecule has 0 aliphatic carbocycles. The fourth-order valence-electron chi connectivity index (χ4n) is 2.37. The molecule has 0 fully saturated rings. The Morgan fingerprint density at radius 1 is 1.11 bits per heavy atom. The van der Waals surface area contributed by atoms with Crippen LogP contribution >= 0.6 is 0 Å². The lowest BCUT2D eigenvalue weighted by Crippen LogP contribution is -2.41. The summed E-state index contributed by atoms with van der Waals surface area (Å²) >= 11 is 0. The molecule has 0 aliphatic heterocycles. The van der Waals surface area contributed by atoms with Crippen molar-refractivity contribution in [3.05, 3.63) is 48.5 Å². The highest BCUT2D eigenvalue weighted by Gasteiger charge is 2.22. The zero-order valence-corrected chi connectivity index (χ0v) is 17.1. The number of carbonyl (C=O) groups excluding carboxylic acids is 1. The van der Waals surface area contributed by atoms with Crippen LogP contribution in [0, 0.1) is 0 Å². The van der Waals surface area contributed by atoms with Crippen molar-refractivity contribution in [1.29, 1.82) is 0 Å². The third-order valence-corrected chi connectivity index (χ3v) is 5.55. The normalized spacial score (nSPS) is 12.2. The predicted molar refractivity (Wildman–Crippen MR) is 108 cm³/mol. The van der Waals surface area contributed by atoms with Crippen molar-refractivity contribution in [3.8, 4) is 11.5 Å². The predicted octanol–water partition coefficient (Wildman–Crippen LogP) is 3.18. The zero-order chi connectivity index (χ0) is 20.6. The number of carbonyl (C=O) groups is 1. The molecule has 0 saturated heterocycles. The highest BCUT2D eigenvalue weighted by Crippen LogP contribution is 2.24. The maximum Gasteiger partial charge on any atom is 0.242 e. The minimum Gasteiger partial charge on any atom is -0.497 e. The molecule has 0 saturated carbocycles. The molecule has 1 atom stereocenters. The summed E-state index contributed by atoms with van der Waals surface area (Å²) in [6.07, 6.45) is 1.90. The van der Waals surface area contributed by atoms with Crippen LogP contribution in [0.15, 0.2) is 53.4 Å². The smallest absolute Gasteiger partial charge is 0.242 e. The number of amides is 1. The summed E-state index contributed by atoms with van der Waals surface area (Å²) in [7, 11) is -2.35. The van der Waals surface area contributed by atoms with E-state index in [1.54, 1.807) is 30.3 Å². The van der Waals surface area contributed by atoms with Gasteiger partial charge >= 0.3 is 0 Å². The summed E-state index contributed by atoms with van der Waals surface area (Å²) < 4.78 is 38.1. The van der Waals surface area contributed by atoms with Crippen molar-refractivity contribution < 1.29 is 22.7 Å². The van der Waals surface area contributed by atoms with Gasteiger partial charge in [0, 0.05) is 0 Å². The van der Waals surface area contributed by atoms with E-state index >= 15 is 0 Å². The maximum atomic E-state index is 12.5. The van der Waals surface area contributed by atoms with Crippen molar-refractivity contribution in [3.63, 3.8) is 0 Å². The molecule has 0 bridgehead atoms. The number of para-hydroxylation sites is 2. The van der Waals surface area contributed by atoms with Crippen molar-refractivity contribution >= 4 is 21.6 Å². The number of rotatable bonds is 10. The standard InChI is InChI=1S/C20H26N2O5S/c1-4-5-14-27-19-9-7-6-8-18(19)21-20(23)15(2)22-28(24,25)17-12-10-16(26-3)11-13-17/h6-13,15,22H,4-5,14H2,1-3H3,(H,21,23)/t15-/m0/s1. The summed E-state index contributed by atoms with van der Waals surface area (Å²) in [5.74, 6) is 0.613. The highest BCUT2D eigenvalue weighted by molar-refractivity contribution is 7.89. The number of unbranched alkanes of at least 4 members (excludes halogenated alkanes) is 1. The molecule has 0 spiro atoms. The number of ether oxygens (including phenoxy) is 2. The van der Waals surface area contributed by atoms with Crippen molar-refractivity contribution in [1.82, 2.24) is 4.72 Å². The molecular formula is C20H26N2O5S. The minimum absolute atomic E-state index is 0.0521. The van der Waals surface area contributed by atoms with Gasteiger partial charge in [0.25, 0.3) is 0 Å². The molecule has 8 heteroatoms. The number of hydrogen-bond donors (Lipinski definition) is 2. The molecular weight excluding hydrogens is 380 g/mol. The largest absolute Gasteiger partial charge is 0.497 e. The fourth-order valence-corrected chi connectivity index (χ4v) is 3.58. The molecule has 28 heavy (non-hydrogen) atoms. The van der Waals surface area contributed by atoms with Gasteiger partial charge in [-0.2, -0.15) is 4.72 Å². The number of nitrogens with one attached hydrogen (secondary N) is 2. The van der Waals surface area contributed by atoms with Crippen LogP contribution in [-0.2, 0) is 14.8 Å². The van der Waals surface area contributed by atoms with Crippen LogP contribution in [-0.4, -0.2) is 34.1 Å². The van der Waals surface area contributed by atoms with Gasteiger partial charge in [-0.1, -0.05) is 25.5 Å². The number of anilines is 1. The number of hydrogen-bond acceptors (Lipinski definition) is 5. The molecule has 152 valence electrons. The lowest BCUT2D eigenvalue weighted by Gasteiger charge is -2.16. The second-order valence-corrected chi connectivity index (χ2v) is 7.92. The van der Waals surface area contributed by atoms with Crippen LogP contribution in [0.25, 0.3) is 0 Å². The number of sulfonamides is 1. The molecule has 2 rings (SSSR count). The van der Waals surface area contributed by atoms with E-state index < -0.39 is 22.0 Å². The van der Waals surface area contributed by atoms with Crippen LogP contribution in [0.4, 0.5) is 5.69 Å². The second-order valence-electron chi connectivity index (χ2n) is 6.21. The average molecular weight is 407 g/mol. The lowest BCUT2D eigenvalue weighted by atomic mass is 10.2. The van der Waals surface area contributed by atoms with E-state index in [2.05, 4.69) is 17.0 Å². The third kappa shape index (κ3) is 5.97. The van der Waals surface area contributed by atoms with Crippen LogP contribution in [0.1, 0.15) is 26.7 Å². The Morgan fingerprint density at radius 3 is 2.43 bits per heavy atom. The second kappa shape index (κ2) is 10.1. The first-order valence-corrected chi connectivity index (χ1v) is 10.5. The Kier molecular flexibility index (Phi) is 7.83. The zero-order valence-electron chi connectivity index (χ0n) is 16.3. The molecule has 7 nitrogen and oxygen atoms in total. The Bertz CT molecular complexity index is 882. The molecule has 0 heterocycles. The first-order chi connectivity index (χ1) is 13.4. The van der Waals surface area contributed by atoms with Gasteiger partial charge in [0.15, 0.2) is 0 Å². The van der Waals surface area contributed by atoms with Crippen LogP contribution in [0.2, 0.25) is 0 Å². The average Bonchev–Trinajstić information content (AvgIpc) is 2.69. The van der Waals surface area contributed by atoms with Crippen molar-refractivity contribution in [2.24, 2.45) is 0 Å². The molecule has 0 aromatic heterocycles. The molecule has 0 aliphatic rings. The third-order valence-electron chi connectivity index (χ3n) is 4.00. The maximum absolute atomic E-state index is 12.5. The Morgan fingerprint density at radius 2 is 1.79 bits per heavy atom. The Labute approximate surface area is 166 Å². The lowest BCUT2D eigenvalue weighted by molar-refractivity contribution is -0.117. The number of methoxy groups -OCH3 is 1. The monoisotopic (exact) mass is 406 g/mol. The van der Waals surface area contributed by atoms with Gasteiger partial charge in [0.1, 0.15) is 11.5 Å². The summed E-state index contributed by atoms with van der Waals surface area (Å²) in [6.45, 7) is 4.09. The van der Waals surface area contributed by atoms with E-state index in [1.807, 2.05) is 6.07 Å². The molecule has 2 aromatic rings. The van der Waals surface area contributed by atoms with Crippen LogP contribution < -0.4 is 19.5 Å². The van der Waals surface area contributed by atoms with E-state index in [1.165, 1.54) is 26.2 Å². The van der Waals surface area contributed by atoms with E-state index in [0.29, 0.717) is 23.8 Å². The fraction of sp³-hybridized carbons (Fsp3) is 0.350. The van der Waals surface area contributed by atoms with Gasteiger partial charge in [-0.25, -0.2) is 8.42 Å². The molecule has 0 radical (unpaired) electrons. The van der Waals surface area contributed by atoms with Crippen molar-refractivity contribution in [2.45, 2.75) is 37.6 Å². The van der Waals surface area contributed by atoms with Gasteiger partial charge in [-0.3, -0.25) is 4.79 Å². The molecule has 1 amide bonds. The molecule has 0 unspecified atom stereocenters.